The lowest BCUT2D eigenvalue weighted by Crippen LogP contribution is -2.49. The van der Waals surface area contributed by atoms with Crippen molar-refractivity contribution >= 4 is 28.2 Å². The zero-order valence-corrected chi connectivity index (χ0v) is 17.7. The molecule has 0 bridgehead atoms. The molecular formula is C22H21F3N4O4. The molecule has 1 aliphatic rings. The minimum absolute atomic E-state index is 0.106. The van der Waals surface area contributed by atoms with E-state index in [1.165, 1.54) is 0 Å². The van der Waals surface area contributed by atoms with E-state index in [0.29, 0.717) is 24.1 Å². The van der Waals surface area contributed by atoms with Gasteiger partial charge in [0.1, 0.15) is 17.1 Å². The lowest BCUT2D eigenvalue weighted by atomic mass is 10.1. The molecule has 8 nitrogen and oxygen atoms in total. The van der Waals surface area contributed by atoms with Crippen LogP contribution in [0.1, 0.15) is 23.0 Å². The van der Waals surface area contributed by atoms with E-state index in [1.807, 2.05) is 25.1 Å². The van der Waals surface area contributed by atoms with Crippen LogP contribution >= 0.6 is 0 Å². The zero-order valence-electron chi connectivity index (χ0n) is 17.7. The third-order valence-electron chi connectivity index (χ3n) is 5.54. The molecule has 1 amide bonds. The molecule has 0 unspecified atom stereocenters. The lowest BCUT2D eigenvalue weighted by molar-refractivity contribution is -0.384. The van der Waals surface area contributed by atoms with Crippen LogP contribution in [-0.4, -0.2) is 53.5 Å². The molecule has 1 saturated heterocycles. The molecule has 0 spiro atoms. The molecule has 33 heavy (non-hydrogen) atoms. The minimum atomic E-state index is -4.67. The molecule has 3 aromatic rings. The summed E-state index contributed by atoms with van der Waals surface area (Å²) in [7, 11) is 0. The summed E-state index contributed by atoms with van der Waals surface area (Å²) in [4.78, 5) is 29.9. The average molecular weight is 462 g/mol. The predicted molar refractivity (Wildman–Crippen MR) is 116 cm³/mol. The fourth-order valence-electron chi connectivity index (χ4n) is 3.91. The molecule has 2 heterocycles. The normalized spacial score (nSPS) is 14.5. The number of carbonyl (C=O) groups excluding carboxylic acids is 1. The van der Waals surface area contributed by atoms with Crippen molar-refractivity contribution in [2.45, 2.75) is 13.1 Å². The Morgan fingerprint density at radius 1 is 1.12 bits per heavy atom. The van der Waals surface area contributed by atoms with Gasteiger partial charge in [-0.15, -0.1) is 0 Å². The second-order valence-corrected chi connectivity index (χ2v) is 7.60. The number of ether oxygens (including phenoxy) is 1. The fraction of sp³-hybridized carbons (Fsp3) is 0.318. The van der Waals surface area contributed by atoms with E-state index in [4.69, 9.17) is 4.74 Å². The second-order valence-electron chi connectivity index (χ2n) is 7.60. The molecule has 0 radical (unpaired) electrons. The number of rotatable bonds is 5. The molecule has 11 heteroatoms. The third-order valence-corrected chi connectivity index (χ3v) is 5.54. The van der Waals surface area contributed by atoms with Crippen molar-refractivity contribution in [1.82, 2.24) is 9.88 Å². The number of anilines is 1. The third kappa shape index (κ3) is 4.57. The molecule has 1 N–H and O–H groups in total. The molecular weight excluding hydrogens is 441 g/mol. The molecule has 0 atom stereocenters. The van der Waals surface area contributed by atoms with Crippen molar-refractivity contribution in [2.75, 3.05) is 37.7 Å². The maximum Gasteiger partial charge on any atom is 0.416 e. The van der Waals surface area contributed by atoms with Crippen molar-refractivity contribution in [2.24, 2.45) is 0 Å². The van der Waals surface area contributed by atoms with Crippen LogP contribution in [0.15, 0.2) is 42.5 Å². The molecule has 2 aromatic carbocycles. The Morgan fingerprint density at radius 3 is 2.48 bits per heavy atom. The van der Waals surface area contributed by atoms with Crippen molar-refractivity contribution < 1.29 is 27.6 Å². The summed E-state index contributed by atoms with van der Waals surface area (Å²) >= 11 is 0. The number of nitro benzene ring substituents is 1. The highest BCUT2D eigenvalue weighted by molar-refractivity contribution is 5.98. The number of aromatic amines is 1. The topological polar surface area (TPSA) is 91.7 Å². The number of amides is 1. The first-order chi connectivity index (χ1) is 15.7. The Hall–Kier alpha value is -3.76. The van der Waals surface area contributed by atoms with Crippen LogP contribution in [0, 0.1) is 10.1 Å². The first kappa shape index (κ1) is 22.4. The molecule has 0 aliphatic carbocycles. The first-order valence-corrected chi connectivity index (χ1v) is 10.3. The van der Waals surface area contributed by atoms with E-state index in [1.54, 1.807) is 15.9 Å². The average Bonchev–Trinajstić information content (AvgIpc) is 3.21. The van der Waals surface area contributed by atoms with Gasteiger partial charge < -0.3 is 19.5 Å². The number of hydrogen-bond donors (Lipinski definition) is 1. The Kier molecular flexibility index (Phi) is 5.88. The van der Waals surface area contributed by atoms with E-state index >= 15 is 0 Å². The summed E-state index contributed by atoms with van der Waals surface area (Å²) in [6, 6.07) is 9.75. The molecule has 0 saturated carbocycles. The van der Waals surface area contributed by atoms with Crippen molar-refractivity contribution in [3.8, 4) is 5.75 Å². The number of benzene rings is 2. The van der Waals surface area contributed by atoms with Crippen LogP contribution in [0.3, 0.4) is 0 Å². The van der Waals surface area contributed by atoms with Gasteiger partial charge in [0.2, 0.25) is 0 Å². The predicted octanol–water partition coefficient (Wildman–Crippen LogP) is 4.46. The standard InChI is InChI=1S/C22H21F3N4O4/c1-2-33-16-5-3-14-11-18(26-17(14)13-16)21(30)28-9-7-27(8-10-28)19-6-4-15(22(23,24)25)12-20(19)29(31)32/h3-6,11-13,26H,2,7-10H2,1H3. The Balaban J connectivity index is 1.48. The molecule has 1 fully saturated rings. The van der Waals surface area contributed by atoms with Crippen LogP contribution in [0.4, 0.5) is 24.5 Å². The number of fused-ring (bicyclic) bond motifs is 1. The number of nitro groups is 1. The number of alkyl halides is 3. The van der Waals surface area contributed by atoms with Crippen molar-refractivity contribution in [3.63, 3.8) is 0 Å². The number of piperazine rings is 1. The van der Waals surface area contributed by atoms with Gasteiger partial charge >= 0.3 is 6.18 Å². The number of nitrogens with zero attached hydrogens (tertiary/aromatic N) is 3. The highest BCUT2D eigenvalue weighted by atomic mass is 19.4. The van der Waals surface area contributed by atoms with Crippen LogP contribution in [0.2, 0.25) is 0 Å². The fourth-order valence-corrected chi connectivity index (χ4v) is 3.91. The van der Waals surface area contributed by atoms with Gasteiger partial charge in [-0.25, -0.2) is 0 Å². The van der Waals surface area contributed by atoms with Crippen molar-refractivity contribution in [3.05, 3.63) is 63.8 Å². The van der Waals surface area contributed by atoms with Gasteiger partial charge in [-0.3, -0.25) is 14.9 Å². The summed E-state index contributed by atoms with van der Waals surface area (Å²) in [6.07, 6.45) is -4.67. The van der Waals surface area contributed by atoms with E-state index in [2.05, 4.69) is 4.98 Å². The molecule has 1 aliphatic heterocycles. The maximum absolute atomic E-state index is 13.0. The largest absolute Gasteiger partial charge is 0.494 e. The molecule has 174 valence electrons. The van der Waals surface area contributed by atoms with Crippen LogP contribution in [0.5, 0.6) is 5.75 Å². The number of halogens is 3. The monoisotopic (exact) mass is 462 g/mol. The smallest absolute Gasteiger partial charge is 0.416 e. The molecule has 4 rings (SSSR count). The Morgan fingerprint density at radius 2 is 1.85 bits per heavy atom. The van der Waals surface area contributed by atoms with E-state index < -0.39 is 22.4 Å². The van der Waals surface area contributed by atoms with E-state index in [9.17, 15) is 28.1 Å². The highest BCUT2D eigenvalue weighted by Gasteiger charge is 2.34. The van der Waals surface area contributed by atoms with Crippen LogP contribution in [-0.2, 0) is 6.18 Å². The number of hydrogen-bond acceptors (Lipinski definition) is 5. The SMILES string of the molecule is CCOc1ccc2cc(C(=O)N3CCN(c4ccc(C(F)(F)F)cc4[N+](=O)[O-])CC3)[nH]c2c1. The van der Waals surface area contributed by atoms with Gasteiger partial charge in [-0.2, -0.15) is 13.2 Å². The van der Waals surface area contributed by atoms with Gasteiger partial charge in [0.25, 0.3) is 11.6 Å². The Bertz CT molecular complexity index is 1200. The zero-order chi connectivity index (χ0) is 23.8. The Labute approximate surface area is 186 Å². The lowest BCUT2D eigenvalue weighted by Gasteiger charge is -2.35. The van der Waals surface area contributed by atoms with E-state index in [-0.39, 0.29) is 37.8 Å². The summed E-state index contributed by atoms with van der Waals surface area (Å²) in [5, 5.41) is 12.2. The maximum atomic E-state index is 13.0. The number of carbonyl (C=O) groups is 1. The summed E-state index contributed by atoms with van der Waals surface area (Å²) in [6.45, 7) is 3.47. The number of aromatic nitrogens is 1. The summed E-state index contributed by atoms with van der Waals surface area (Å²) in [5.74, 6) is 0.475. The van der Waals surface area contributed by atoms with Gasteiger partial charge in [-0.1, -0.05) is 0 Å². The van der Waals surface area contributed by atoms with E-state index in [0.717, 1.165) is 23.0 Å². The van der Waals surface area contributed by atoms with Gasteiger partial charge in [0.15, 0.2) is 0 Å². The summed E-state index contributed by atoms with van der Waals surface area (Å²) in [5.41, 5.74) is -0.395. The van der Waals surface area contributed by atoms with Crippen LogP contribution in [0.25, 0.3) is 10.9 Å². The van der Waals surface area contributed by atoms with Gasteiger partial charge in [-0.05, 0) is 37.3 Å². The minimum Gasteiger partial charge on any atom is -0.494 e. The number of nitrogens with one attached hydrogen (secondary N) is 1. The van der Waals surface area contributed by atoms with Crippen molar-refractivity contribution in [1.29, 1.82) is 0 Å². The quantitative estimate of drug-likeness (QED) is 0.447. The number of H-pyrrole nitrogens is 1. The molecule has 1 aromatic heterocycles. The second kappa shape index (κ2) is 8.64. The summed E-state index contributed by atoms with van der Waals surface area (Å²) < 4.78 is 44.3. The van der Waals surface area contributed by atoms with Gasteiger partial charge in [0.05, 0.1) is 17.1 Å². The van der Waals surface area contributed by atoms with Gasteiger partial charge in [0, 0.05) is 49.2 Å². The highest BCUT2D eigenvalue weighted by Crippen LogP contribution is 2.37. The first-order valence-electron chi connectivity index (χ1n) is 10.3. The van der Waals surface area contributed by atoms with Crippen LogP contribution < -0.4 is 9.64 Å².